The van der Waals surface area contributed by atoms with Gasteiger partial charge in [-0.15, -0.1) is 0 Å². The van der Waals surface area contributed by atoms with Crippen molar-refractivity contribution in [2.45, 2.75) is 12.8 Å². The maximum atomic E-state index is 12.0. The summed E-state index contributed by atoms with van der Waals surface area (Å²) in [7, 11) is -3.33. The predicted molar refractivity (Wildman–Crippen MR) is 105 cm³/mol. The van der Waals surface area contributed by atoms with E-state index in [0.717, 1.165) is 11.8 Å². The van der Waals surface area contributed by atoms with E-state index < -0.39 is 15.9 Å². The lowest BCUT2D eigenvalue weighted by Crippen LogP contribution is -2.41. The molecule has 0 saturated carbocycles. The maximum absolute atomic E-state index is 12.0. The zero-order chi connectivity index (χ0) is 20.0. The van der Waals surface area contributed by atoms with E-state index >= 15 is 0 Å². The molecule has 0 spiro atoms. The number of carbonyl (C=O) groups excluding carboxylic acids is 2. The van der Waals surface area contributed by atoms with E-state index in [1.807, 2.05) is 0 Å². The first-order chi connectivity index (χ1) is 12.6. The van der Waals surface area contributed by atoms with Crippen molar-refractivity contribution < 1.29 is 18.0 Å². The third kappa shape index (κ3) is 7.09. The van der Waals surface area contributed by atoms with Gasteiger partial charge in [0.1, 0.15) is 0 Å². The summed E-state index contributed by atoms with van der Waals surface area (Å²) in [5.74, 6) is -0.889. The van der Waals surface area contributed by atoms with Crippen LogP contribution in [0.5, 0.6) is 0 Å². The van der Waals surface area contributed by atoms with Crippen molar-refractivity contribution in [2.24, 2.45) is 0 Å². The molecule has 0 atom stereocenters. The third-order valence-electron chi connectivity index (χ3n) is 3.40. The van der Waals surface area contributed by atoms with Gasteiger partial charge in [0.2, 0.25) is 15.9 Å². The predicted octanol–water partition coefficient (Wildman–Crippen LogP) is 2.76. The number of hydrazine groups is 1. The van der Waals surface area contributed by atoms with Crippen molar-refractivity contribution >= 4 is 50.7 Å². The molecule has 0 aromatic heterocycles. The van der Waals surface area contributed by atoms with E-state index in [4.69, 9.17) is 23.2 Å². The van der Waals surface area contributed by atoms with Crippen LogP contribution >= 0.6 is 23.2 Å². The summed E-state index contributed by atoms with van der Waals surface area (Å²) >= 11 is 11.6. The second kappa shape index (κ2) is 9.07. The molecule has 144 valence electrons. The third-order valence-corrected chi connectivity index (χ3v) is 4.74. The summed E-state index contributed by atoms with van der Waals surface area (Å²) in [6, 6.07) is 11.0. The first-order valence-electron chi connectivity index (χ1n) is 7.75. The number of aryl methyl sites for hydroxylation is 1. The molecule has 0 saturated heterocycles. The van der Waals surface area contributed by atoms with Gasteiger partial charge in [-0.1, -0.05) is 35.3 Å². The van der Waals surface area contributed by atoms with Gasteiger partial charge in [0.15, 0.2) is 0 Å². The van der Waals surface area contributed by atoms with E-state index in [1.54, 1.807) is 24.3 Å². The van der Waals surface area contributed by atoms with Gasteiger partial charge in [-0.3, -0.25) is 25.2 Å². The summed E-state index contributed by atoms with van der Waals surface area (Å²) < 4.78 is 24.7. The Morgan fingerprint density at radius 3 is 2.22 bits per heavy atom. The molecule has 27 heavy (non-hydrogen) atoms. The number of sulfonamides is 1. The quantitative estimate of drug-likeness (QED) is 0.613. The van der Waals surface area contributed by atoms with Gasteiger partial charge in [-0.2, -0.15) is 0 Å². The number of hydrogen-bond acceptors (Lipinski definition) is 4. The van der Waals surface area contributed by atoms with Gasteiger partial charge in [0.25, 0.3) is 5.91 Å². The van der Waals surface area contributed by atoms with Crippen molar-refractivity contribution in [2.75, 3.05) is 11.0 Å². The summed E-state index contributed by atoms with van der Waals surface area (Å²) in [5, 5.41) is 0.569. The molecule has 0 heterocycles. The highest BCUT2D eigenvalue weighted by molar-refractivity contribution is 7.92. The van der Waals surface area contributed by atoms with E-state index in [9.17, 15) is 18.0 Å². The number of benzene rings is 2. The molecule has 2 aromatic rings. The molecule has 0 aliphatic heterocycles. The molecule has 0 aliphatic carbocycles. The van der Waals surface area contributed by atoms with Crippen molar-refractivity contribution in [3.05, 3.63) is 63.6 Å². The molecule has 2 rings (SSSR count). The second-order valence-electron chi connectivity index (χ2n) is 5.70. The molecule has 7 nitrogen and oxygen atoms in total. The molecule has 10 heteroatoms. The monoisotopic (exact) mass is 429 g/mol. The first-order valence-corrected chi connectivity index (χ1v) is 10.4. The fraction of sp³-hybridized carbons (Fsp3) is 0.176. The van der Waals surface area contributed by atoms with Gasteiger partial charge >= 0.3 is 0 Å². The SMILES string of the molecule is CS(=O)(=O)Nc1ccc(CCC(=O)NNC(=O)c2ccc(Cl)c(Cl)c2)cc1. The van der Waals surface area contributed by atoms with E-state index in [-0.39, 0.29) is 22.9 Å². The molecular weight excluding hydrogens is 413 g/mol. The van der Waals surface area contributed by atoms with Crippen LogP contribution in [0.3, 0.4) is 0 Å². The number of amides is 2. The highest BCUT2D eigenvalue weighted by Gasteiger charge is 2.10. The van der Waals surface area contributed by atoms with Gasteiger partial charge in [-0.25, -0.2) is 8.42 Å². The molecule has 0 radical (unpaired) electrons. The van der Waals surface area contributed by atoms with Crippen LogP contribution in [-0.2, 0) is 21.2 Å². The standard InChI is InChI=1S/C17H17Cl2N3O4S/c1-27(25,26)22-13-6-2-11(3-7-13)4-9-16(23)20-21-17(24)12-5-8-14(18)15(19)10-12/h2-3,5-8,10,22H,4,9H2,1H3,(H,20,23)(H,21,24). The van der Waals surface area contributed by atoms with Crippen molar-refractivity contribution in [1.29, 1.82) is 0 Å². The van der Waals surface area contributed by atoms with Gasteiger partial charge in [0, 0.05) is 17.7 Å². The number of anilines is 1. The molecule has 2 amide bonds. The van der Waals surface area contributed by atoms with Crippen molar-refractivity contribution in [3.63, 3.8) is 0 Å². The molecular formula is C17H17Cl2N3O4S. The van der Waals surface area contributed by atoms with Crippen LogP contribution in [0.25, 0.3) is 0 Å². The lowest BCUT2D eigenvalue weighted by Gasteiger charge is -2.09. The second-order valence-corrected chi connectivity index (χ2v) is 8.27. The summed E-state index contributed by atoms with van der Waals surface area (Å²) in [6.07, 6.45) is 1.63. The fourth-order valence-electron chi connectivity index (χ4n) is 2.11. The Bertz CT molecular complexity index is 947. The van der Waals surface area contributed by atoms with Crippen LogP contribution in [0.4, 0.5) is 5.69 Å². The Labute approximate surface area is 167 Å². The average Bonchev–Trinajstić information content (AvgIpc) is 2.60. The van der Waals surface area contributed by atoms with Gasteiger partial charge in [0.05, 0.1) is 16.3 Å². The Morgan fingerprint density at radius 1 is 0.963 bits per heavy atom. The van der Waals surface area contributed by atoms with Crippen molar-refractivity contribution in [1.82, 2.24) is 10.9 Å². The Hall–Kier alpha value is -2.29. The summed E-state index contributed by atoms with van der Waals surface area (Å²) in [4.78, 5) is 23.8. The van der Waals surface area contributed by atoms with Crippen LogP contribution in [0.2, 0.25) is 10.0 Å². The zero-order valence-electron chi connectivity index (χ0n) is 14.3. The molecule has 0 bridgehead atoms. The fourth-order valence-corrected chi connectivity index (χ4v) is 2.97. The van der Waals surface area contributed by atoms with Crippen LogP contribution in [0.15, 0.2) is 42.5 Å². The van der Waals surface area contributed by atoms with Crippen LogP contribution < -0.4 is 15.6 Å². The molecule has 0 unspecified atom stereocenters. The Morgan fingerprint density at radius 2 is 1.63 bits per heavy atom. The zero-order valence-corrected chi connectivity index (χ0v) is 16.6. The maximum Gasteiger partial charge on any atom is 0.269 e. The number of rotatable bonds is 6. The molecule has 0 fully saturated rings. The Balaban J connectivity index is 1.80. The topological polar surface area (TPSA) is 104 Å². The number of carbonyl (C=O) groups is 2. The minimum atomic E-state index is -3.33. The summed E-state index contributed by atoms with van der Waals surface area (Å²) in [5.41, 5.74) is 6.18. The number of halogens is 2. The smallest absolute Gasteiger partial charge is 0.269 e. The lowest BCUT2D eigenvalue weighted by atomic mass is 10.1. The van der Waals surface area contributed by atoms with E-state index in [1.165, 1.54) is 18.2 Å². The minimum Gasteiger partial charge on any atom is -0.284 e. The number of hydrogen-bond donors (Lipinski definition) is 3. The van der Waals surface area contributed by atoms with E-state index in [0.29, 0.717) is 17.1 Å². The largest absolute Gasteiger partial charge is 0.284 e. The van der Waals surface area contributed by atoms with Crippen molar-refractivity contribution in [3.8, 4) is 0 Å². The average molecular weight is 430 g/mol. The van der Waals surface area contributed by atoms with Gasteiger partial charge < -0.3 is 0 Å². The molecule has 2 aromatic carbocycles. The highest BCUT2D eigenvalue weighted by Crippen LogP contribution is 2.22. The Kier molecular flexibility index (Phi) is 7.06. The summed E-state index contributed by atoms with van der Waals surface area (Å²) in [6.45, 7) is 0. The number of nitrogens with one attached hydrogen (secondary N) is 3. The van der Waals surface area contributed by atoms with Gasteiger partial charge in [-0.05, 0) is 42.3 Å². The lowest BCUT2D eigenvalue weighted by molar-refractivity contribution is -0.121. The highest BCUT2D eigenvalue weighted by atomic mass is 35.5. The van der Waals surface area contributed by atoms with Crippen LogP contribution in [-0.4, -0.2) is 26.5 Å². The minimum absolute atomic E-state index is 0.139. The van der Waals surface area contributed by atoms with E-state index in [2.05, 4.69) is 15.6 Å². The molecule has 3 N–H and O–H groups in total. The normalized spacial score (nSPS) is 10.9. The van der Waals surface area contributed by atoms with Crippen LogP contribution in [0.1, 0.15) is 22.3 Å². The van der Waals surface area contributed by atoms with Crippen LogP contribution in [0, 0.1) is 0 Å². The molecule has 0 aliphatic rings. The first kappa shape index (κ1) is 21.0.